The second-order valence-electron chi connectivity index (χ2n) is 3.84. The van der Waals surface area contributed by atoms with E-state index in [2.05, 4.69) is 4.98 Å². The van der Waals surface area contributed by atoms with E-state index < -0.39 is 39.4 Å². The molecule has 21 heavy (non-hydrogen) atoms. The van der Waals surface area contributed by atoms with E-state index in [0.29, 0.717) is 0 Å². The molecule has 6 nitrogen and oxygen atoms in total. The van der Waals surface area contributed by atoms with Crippen LogP contribution in [0.4, 0.5) is 20.2 Å². The Labute approximate surface area is 121 Å². The van der Waals surface area contributed by atoms with Crippen molar-refractivity contribution in [3.63, 3.8) is 0 Å². The molecule has 9 heteroatoms. The van der Waals surface area contributed by atoms with Crippen molar-refractivity contribution in [2.24, 2.45) is 0 Å². The summed E-state index contributed by atoms with van der Waals surface area (Å²) in [5.74, 6) is -3.43. The number of rotatable bonds is 3. The standard InChI is InChI=1S/C12H6ClF2N3O3/c13-10-4-6(9(5-16-10)18(20)21)12(19)17-8-3-1-2-7(14)11(8)15/h1-5H,(H,17,19). The second-order valence-corrected chi connectivity index (χ2v) is 4.22. The number of hydrogen-bond donors (Lipinski definition) is 1. The van der Waals surface area contributed by atoms with Crippen LogP contribution in [0.1, 0.15) is 10.4 Å². The Morgan fingerprint density at radius 2 is 2.10 bits per heavy atom. The van der Waals surface area contributed by atoms with E-state index in [0.717, 1.165) is 24.4 Å². The van der Waals surface area contributed by atoms with Crippen LogP contribution in [-0.2, 0) is 0 Å². The molecule has 2 rings (SSSR count). The molecule has 0 saturated heterocycles. The number of pyridine rings is 1. The smallest absolute Gasteiger partial charge is 0.300 e. The molecule has 0 saturated carbocycles. The summed E-state index contributed by atoms with van der Waals surface area (Å²) >= 11 is 5.58. The molecule has 0 aliphatic rings. The summed E-state index contributed by atoms with van der Waals surface area (Å²) in [5, 5.41) is 12.7. The number of carbonyl (C=O) groups is 1. The topological polar surface area (TPSA) is 85.1 Å². The summed E-state index contributed by atoms with van der Waals surface area (Å²) in [6, 6.07) is 4.13. The minimum atomic E-state index is -1.27. The normalized spacial score (nSPS) is 10.2. The molecule has 1 heterocycles. The van der Waals surface area contributed by atoms with Crippen molar-refractivity contribution in [3.8, 4) is 0 Å². The maximum atomic E-state index is 13.5. The molecule has 2 aromatic rings. The van der Waals surface area contributed by atoms with E-state index in [1.165, 1.54) is 6.07 Å². The average Bonchev–Trinajstić information content (AvgIpc) is 2.43. The molecule has 1 N–H and O–H groups in total. The number of nitro groups is 1. The number of halogens is 3. The van der Waals surface area contributed by atoms with Crippen LogP contribution in [0.2, 0.25) is 5.15 Å². The molecule has 0 fully saturated rings. The molecule has 0 unspecified atom stereocenters. The number of amides is 1. The van der Waals surface area contributed by atoms with Crippen LogP contribution < -0.4 is 5.32 Å². The van der Waals surface area contributed by atoms with Crippen LogP contribution in [0.5, 0.6) is 0 Å². The molecule has 0 radical (unpaired) electrons. The first-order chi connectivity index (χ1) is 9.90. The molecule has 1 aromatic carbocycles. The zero-order chi connectivity index (χ0) is 15.6. The van der Waals surface area contributed by atoms with E-state index >= 15 is 0 Å². The van der Waals surface area contributed by atoms with Gasteiger partial charge in [-0.15, -0.1) is 0 Å². The third kappa shape index (κ3) is 3.11. The van der Waals surface area contributed by atoms with Crippen LogP contribution >= 0.6 is 11.6 Å². The molecule has 0 aliphatic carbocycles. The lowest BCUT2D eigenvalue weighted by molar-refractivity contribution is -0.385. The first-order valence-corrected chi connectivity index (χ1v) is 5.83. The van der Waals surface area contributed by atoms with Crippen molar-refractivity contribution in [3.05, 3.63) is 62.9 Å². The molecule has 1 aromatic heterocycles. The summed E-state index contributed by atoms with van der Waals surface area (Å²) < 4.78 is 26.5. The number of anilines is 1. The Bertz CT molecular complexity index is 740. The SMILES string of the molecule is O=C(Nc1cccc(F)c1F)c1cc(Cl)ncc1[N+](=O)[O-]. The molecular weight excluding hydrogens is 308 g/mol. The lowest BCUT2D eigenvalue weighted by Gasteiger charge is -2.07. The fourth-order valence-electron chi connectivity index (χ4n) is 1.54. The van der Waals surface area contributed by atoms with Crippen LogP contribution in [-0.4, -0.2) is 15.8 Å². The van der Waals surface area contributed by atoms with Crippen molar-refractivity contribution in [2.45, 2.75) is 0 Å². The molecule has 0 atom stereocenters. The first kappa shape index (κ1) is 14.8. The minimum Gasteiger partial charge on any atom is -0.319 e. The van der Waals surface area contributed by atoms with Gasteiger partial charge in [-0.1, -0.05) is 17.7 Å². The third-order valence-electron chi connectivity index (χ3n) is 2.49. The van der Waals surface area contributed by atoms with E-state index in [-0.39, 0.29) is 5.15 Å². The Hall–Kier alpha value is -2.61. The highest BCUT2D eigenvalue weighted by Gasteiger charge is 2.22. The first-order valence-electron chi connectivity index (χ1n) is 5.45. The molecule has 108 valence electrons. The quantitative estimate of drug-likeness (QED) is 0.536. The molecular formula is C12H6ClF2N3O3. The monoisotopic (exact) mass is 313 g/mol. The fourth-order valence-corrected chi connectivity index (χ4v) is 1.70. The highest BCUT2D eigenvalue weighted by Crippen LogP contribution is 2.23. The van der Waals surface area contributed by atoms with E-state index in [1.54, 1.807) is 0 Å². The van der Waals surface area contributed by atoms with Gasteiger partial charge in [-0.25, -0.2) is 13.8 Å². The van der Waals surface area contributed by atoms with Gasteiger partial charge in [-0.05, 0) is 18.2 Å². The average molecular weight is 314 g/mol. The molecule has 1 amide bonds. The van der Waals surface area contributed by atoms with Crippen LogP contribution in [0.3, 0.4) is 0 Å². The van der Waals surface area contributed by atoms with Crippen LogP contribution in [0.15, 0.2) is 30.5 Å². The summed E-state index contributed by atoms with van der Waals surface area (Å²) in [5.41, 5.74) is -1.46. The van der Waals surface area contributed by atoms with Gasteiger partial charge in [0.1, 0.15) is 16.9 Å². The number of hydrogen-bond acceptors (Lipinski definition) is 4. The number of carbonyl (C=O) groups excluding carboxylic acids is 1. The lowest BCUT2D eigenvalue weighted by Crippen LogP contribution is -2.15. The molecule has 0 bridgehead atoms. The van der Waals surface area contributed by atoms with Gasteiger partial charge >= 0.3 is 0 Å². The predicted molar refractivity (Wildman–Crippen MR) is 70.2 cm³/mol. The number of nitrogens with one attached hydrogen (secondary N) is 1. The highest BCUT2D eigenvalue weighted by atomic mass is 35.5. The van der Waals surface area contributed by atoms with E-state index in [4.69, 9.17) is 11.6 Å². The van der Waals surface area contributed by atoms with Crippen molar-refractivity contribution >= 4 is 28.9 Å². The van der Waals surface area contributed by atoms with Crippen molar-refractivity contribution < 1.29 is 18.5 Å². The number of aromatic nitrogens is 1. The predicted octanol–water partition coefficient (Wildman–Crippen LogP) is 3.17. The zero-order valence-electron chi connectivity index (χ0n) is 10.1. The Morgan fingerprint density at radius 3 is 2.76 bits per heavy atom. The number of nitrogens with zero attached hydrogens (tertiary/aromatic N) is 2. The molecule has 0 aliphatic heterocycles. The largest absolute Gasteiger partial charge is 0.319 e. The van der Waals surface area contributed by atoms with Gasteiger partial charge in [-0.2, -0.15) is 0 Å². The van der Waals surface area contributed by atoms with Crippen molar-refractivity contribution in [1.82, 2.24) is 4.98 Å². The van der Waals surface area contributed by atoms with Crippen LogP contribution in [0, 0.1) is 21.7 Å². The Kier molecular flexibility index (Phi) is 4.08. The fraction of sp³-hybridized carbons (Fsp3) is 0. The van der Waals surface area contributed by atoms with Gasteiger partial charge in [0.05, 0.1) is 10.6 Å². The summed E-state index contributed by atoms with van der Waals surface area (Å²) in [6.07, 6.45) is 0.805. The maximum Gasteiger partial charge on any atom is 0.300 e. The summed E-state index contributed by atoms with van der Waals surface area (Å²) in [6.45, 7) is 0. The Morgan fingerprint density at radius 1 is 1.38 bits per heavy atom. The maximum absolute atomic E-state index is 13.5. The minimum absolute atomic E-state index is 0.148. The van der Waals surface area contributed by atoms with Crippen LogP contribution in [0.25, 0.3) is 0 Å². The summed E-state index contributed by atoms with van der Waals surface area (Å²) in [7, 11) is 0. The second kappa shape index (κ2) is 5.80. The number of benzene rings is 1. The lowest BCUT2D eigenvalue weighted by atomic mass is 10.2. The third-order valence-corrected chi connectivity index (χ3v) is 2.70. The van der Waals surface area contributed by atoms with Gasteiger partial charge < -0.3 is 5.32 Å². The van der Waals surface area contributed by atoms with Crippen molar-refractivity contribution in [2.75, 3.05) is 5.32 Å². The highest BCUT2D eigenvalue weighted by molar-refractivity contribution is 6.30. The van der Waals surface area contributed by atoms with Gasteiger partial charge in [0.2, 0.25) is 0 Å². The Balaban J connectivity index is 2.39. The summed E-state index contributed by atoms with van der Waals surface area (Å²) in [4.78, 5) is 25.4. The molecule has 0 spiro atoms. The van der Waals surface area contributed by atoms with Gasteiger partial charge in [-0.3, -0.25) is 14.9 Å². The van der Waals surface area contributed by atoms with Gasteiger partial charge in [0, 0.05) is 0 Å². The van der Waals surface area contributed by atoms with Crippen molar-refractivity contribution in [1.29, 1.82) is 0 Å². The van der Waals surface area contributed by atoms with Gasteiger partial charge in [0.25, 0.3) is 11.6 Å². The van der Waals surface area contributed by atoms with Gasteiger partial charge in [0.15, 0.2) is 11.6 Å². The van der Waals surface area contributed by atoms with E-state index in [1.807, 2.05) is 5.32 Å². The van der Waals surface area contributed by atoms with E-state index in [9.17, 15) is 23.7 Å². The zero-order valence-corrected chi connectivity index (χ0v) is 10.9.